The average Bonchev–Trinajstić information content (AvgIpc) is 3.76. The number of carbonyl (C=O) groups is 4. The number of likely N-dealkylation sites (tertiary alicyclic amines) is 1. The van der Waals surface area contributed by atoms with Crippen LogP contribution < -0.4 is 10.2 Å². The van der Waals surface area contributed by atoms with E-state index in [0.717, 1.165) is 0 Å². The summed E-state index contributed by atoms with van der Waals surface area (Å²) in [5.74, 6) is -4.06. The monoisotopic (exact) mass is 803 g/mol. The number of ether oxygens (including phenoxy) is 2. The van der Waals surface area contributed by atoms with Gasteiger partial charge in [-0.15, -0.1) is 13.2 Å². The van der Waals surface area contributed by atoms with Gasteiger partial charge < -0.3 is 29.7 Å². The Kier molecular flexibility index (Phi) is 11.9. The van der Waals surface area contributed by atoms with E-state index < -0.39 is 77.0 Å². The molecule has 6 rings (SSSR count). The number of hydrogen-bond acceptors (Lipinski definition) is 7. The summed E-state index contributed by atoms with van der Waals surface area (Å²) < 4.78 is 13.1. The molecule has 3 aliphatic heterocycles. The minimum Gasteiger partial charge on any atom is -0.455 e. The van der Waals surface area contributed by atoms with Gasteiger partial charge in [0.25, 0.3) is 5.91 Å². The molecule has 3 aromatic carbocycles. The summed E-state index contributed by atoms with van der Waals surface area (Å²) in [5, 5.41) is 14.3. The number of allylic oxidation sites excluding steroid dienone is 1. The number of esters is 1. The molecule has 0 aliphatic carbocycles. The van der Waals surface area contributed by atoms with E-state index in [1.807, 2.05) is 36.4 Å². The normalized spacial score (nSPS) is 25.9. The van der Waals surface area contributed by atoms with Crippen LogP contribution in [0.2, 0.25) is 5.02 Å². The van der Waals surface area contributed by atoms with Crippen LogP contribution in [-0.4, -0.2) is 75.5 Å². The third-order valence-electron chi connectivity index (χ3n) is 10.4. The lowest BCUT2D eigenvalue weighted by Gasteiger charge is -2.39. The minimum absolute atomic E-state index is 0.108. The zero-order valence-corrected chi connectivity index (χ0v) is 31.7. The van der Waals surface area contributed by atoms with Gasteiger partial charge in [-0.1, -0.05) is 100 Å². The molecule has 12 heteroatoms. The molecule has 1 unspecified atom stereocenters. The van der Waals surface area contributed by atoms with Crippen LogP contribution in [0.4, 0.5) is 5.69 Å². The predicted octanol–water partition coefficient (Wildman–Crippen LogP) is 6.10. The first-order valence-corrected chi connectivity index (χ1v) is 19.0. The third-order valence-corrected chi connectivity index (χ3v) is 11.5. The highest BCUT2D eigenvalue weighted by Gasteiger charge is 2.77. The number of nitrogens with one attached hydrogen (secondary N) is 1. The third kappa shape index (κ3) is 7.32. The van der Waals surface area contributed by atoms with Crippen LogP contribution in [0, 0.1) is 11.8 Å². The standard InChI is InChI=1S/C41H43BrClN3O7/c1-4-6-17-32(48)44-25(3)35(27-15-11-8-12-16-27)52-40(51)33-34-38(49)46(31(24-47)26-13-9-7-10-14-26)37(41(34)23-30(42)36(33)53-41)39(50)45(22-5-2)29-20-18-28(43)19-21-29/h4-5,7-16,18-21,25,30-31,33-37,47H,1-2,6,17,22-24H2,3H3,(H,44,48)/t25-,30?,31-,33+,34-,35-,36+,37+,41-/m1/s1. The Hall–Kier alpha value is -4.29. The number of nitrogens with zero attached hydrogens (tertiary/aromatic N) is 2. The summed E-state index contributed by atoms with van der Waals surface area (Å²) in [6, 6.07) is 22.1. The summed E-state index contributed by atoms with van der Waals surface area (Å²) in [7, 11) is 0. The number of amides is 3. The number of fused-ring (bicyclic) bond motifs is 1. The van der Waals surface area contributed by atoms with Gasteiger partial charge in [0.05, 0.1) is 36.6 Å². The Balaban J connectivity index is 1.41. The zero-order chi connectivity index (χ0) is 37.9. The van der Waals surface area contributed by atoms with Crippen LogP contribution in [0.15, 0.2) is 110 Å². The molecule has 10 nitrogen and oxygen atoms in total. The lowest BCUT2D eigenvalue weighted by atomic mass is 9.70. The second kappa shape index (κ2) is 16.4. The number of hydrogen-bond donors (Lipinski definition) is 2. The second-order valence-corrected chi connectivity index (χ2v) is 15.3. The topological polar surface area (TPSA) is 125 Å². The number of carbonyl (C=O) groups excluding carboxylic acids is 4. The molecule has 3 heterocycles. The molecule has 2 N–H and O–H groups in total. The maximum atomic E-state index is 15.1. The first-order valence-electron chi connectivity index (χ1n) is 17.7. The molecule has 53 heavy (non-hydrogen) atoms. The van der Waals surface area contributed by atoms with E-state index in [9.17, 15) is 14.7 Å². The molecule has 3 fully saturated rings. The van der Waals surface area contributed by atoms with Crippen LogP contribution in [0.5, 0.6) is 0 Å². The quantitative estimate of drug-likeness (QED) is 0.108. The molecule has 0 aromatic heterocycles. The molecule has 278 valence electrons. The molecular weight excluding hydrogens is 762 g/mol. The molecule has 3 amide bonds. The van der Waals surface area contributed by atoms with E-state index in [0.29, 0.717) is 28.3 Å². The van der Waals surface area contributed by atoms with Gasteiger partial charge in [0.1, 0.15) is 17.7 Å². The maximum absolute atomic E-state index is 15.1. The van der Waals surface area contributed by atoms with E-state index in [1.165, 1.54) is 9.80 Å². The van der Waals surface area contributed by atoms with Crippen molar-refractivity contribution in [2.45, 2.75) is 66.9 Å². The van der Waals surface area contributed by atoms with Gasteiger partial charge in [-0.3, -0.25) is 19.2 Å². The van der Waals surface area contributed by atoms with Gasteiger partial charge in [0.2, 0.25) is 11.8 Å². The fourth-order valence-electron chi connectivity index (χ4n) is 8.14. The van der Waals surface area contributed by atoms with Crippen molar-refractivity contribution in [3.8, 4) is 0 Å². The van der Waals surface area contributed by atoms with E-state index in [1.54, 1.807) is 67.6 Å². The fourth-order valence-corrected chi connectivity index (χ4v) is 9.21. The average molecular weight is 805 g/mol. The smallest absolute Gasteiger partial charge is 0.313 e. The van der Waals surface area contributed by atoms with Gasteiger partial charge in [-0.25, -0.2) is 0 Å². The molecule has 0 radical (unpaired) electrons. The molecule has 3 aromatic rings. The van der Waals surface area contributed by atoms with Gasteiger partial charge in [-0.2, -0.15) is 0 Å². The number of rotatable bonds is 15. The second-order valence-electron chi connectivity index (χ2n) is 13.7. The Labute approximate surface area is 322 Å². The minimum atomic E-state index is -1.45. The summed E-state index contributed by atoms with van der Waals surface area (Å²) in [4.78, 5) is 60.0. The highest BCUT2D eigenvalue weighted by molar-refractivity contribution is 9.09. The number of benzene rings is 3. The van der Waals surface area contributed by atoms with Crippen LogP contribution in [-0.2, 0) is 28.7 Å². The summed E-state index contributed by atoms with van der Waals surface area (Å²) >= 11 is 9.93. The van der Waals surface area contributed by atoms with Crippen molar-refractivity contribution in [2.24, 2.45) is 11.8 Å². The predicted molar refractivity (Wildman–Crippen MR) is 205 cm³/mol. The Morgan fingerprint density at radius 1 is 1.06 bits per heavy atom. The van der Waals surface area contributed by atoms with Crippen molar-refractivity contribution in [3.05, 3.63) is 126 Å². The van der Waals surface area contributed by atoms with E-state index >= 15 is 9.59 Å². The lowest BCUT2D eigenvalue weighted by Crippen LogP contribution is -2.57. The number of aliphatic hydroxyl groups excluding tert-OH is 1. The van der Waals surface area contributed by atoms with Gasteiger partial charge >= 0.3 is 5.97 Å². The van der Waals surface area contributed by atoms with Crippen molar-refractivity contribution in [2.75, 3.05) is 18.1 Å². The van der Waals surface area contributed by atoms with E-state index in [4.69, 9.17) is 21.1 Å². The Morgan fingerprint density at radius 3 is 2.30 bits per heavy atom. The summed E-state index contributed by atoms with van der Waals surface area (Å²) in [6.07, 6.45) is 2.52. The number of aliphatic hydroxyl groups is 1. The first-order chi connectivity index (χ1) is 25.6. The SMILES string of the molecule is C=CCCC(=O)N[C@H](C)[C@@H](OC(=O)[C@@H]1[C@H]2O[C@@]3(CC2Br)[C@H](C(=O)N(CC=C)c2ccc(Cl)cc2)N([C@H](CO)c2ccccc2)C(=O)[C@@H]13)c1ccccc1. The summed E-state index contributed by atoms with van der Waals surface area (Å²) in [6.45, 7) is 8.94. The highest BCUT2D eigenvalue weighted by atomic mass is 79.9. The van der Waals surface area contributed by atoms with Crippen LogP contribution in [0.3, 0.4) is 0 Å². The Morgan fingerprint density at radius 2 is 1.70 bits per heavy atom. The van der Waals surface area contributed by atoms with Crippen molar-refractivity contribution in [3.63, 3.8) is 0 Å². The van der Waals surface area contributed by atoms with Crippen molar-refractivity contribution in [1.29, 1.82) is 0 Å². The van der Waals surface area contributed by atoms with Gasteiger partial charge in [0, 0.05) is 28.5 Å². The van der Waals surface area contributed by atoms with Crippen molar-refractivity contribution < 1.29 is 33.8 Å². The summed E-state index contributed by atoms with van der Waals surface area (Å²) in [5.41, 5.74) is 0.359. The van der Waals surface area contributed by atoms with Gasteiger partial charge in [-0.05, 0) is 55.2 Å². The van der Waals surface area contributed by atoms with E-state index in [2.05, 4.69) is 34.4 Å². The number of halogens is 2. The van der Waals surface area contributed by atoms with Crippen molar-refractivity contribution in [1.82, 2.24) is 10.2 Å². The van der Waals surface area contributed by atoms with Gasteiger partial charge in [0.15, 0.2) is 0 Å². The molecule has 3 aliphatic rings. The maximum Gasteiger partial charge on any atom is 0.313 e. The molecular formula is C41H43BrClN3O7. The van der Waals surface area contributed by atoms with Crippen LogP contribution in [0.25, 0.3) is 0 Å². The van der Waals surface area contributed by atoms with Crippen LogP contribution >= 0.6 is 27.5 Å². The molecule has 3 saturated heterocycles. The molecule has 9 atom stereocenters. The zero-order valence-electron chi connectivity index (χ0n) is 29.4. The largest absolute Gasteiger partial charge is 0.455 e. The highest BCUT2D eigenvalue weighted by Crippen LogP contribution is 2.61. The Bertz CT molecular complexity index is 1830. The lowest BCUT2D eigenvalue weighted by molar-refractivity contribution is -0.162. The fraction of sp³-hybridized carbons (Fsp3) is 0.366. The molecule has 2 bridgehead atoms. The van der Waals surface area contributed by atoms with E-state index in [-0.39, 0.29) is 25.3 Å². The number of anilines is 1. The van der Waals surface area contributed by atoms with Crippen molar-refractivity contribution >= 4 is 56.9 Å². The first kappa shape index (κ1) is 38.4. The number of alkyl halides is 1. The molecule has 0 saturated carbocycles. The molecule has 1 spiro atoms. The van der Waals surface area contributed by atoms with Crippen LogP contribution in [0.1, 0.15) is 49.5 Å².